The van der Waals surface area contributed by atoms with Crippen LogP contribution in [-0.4, -0.2) is 70.0 Å². The van der Waals surface area contributed by atoms with Crippen molar-refractivity contribution in [2.45, 2.75) is 148 Å². The molecule has 1 unspecified atom stereocenters. The molecule has 9 nitrogen and oxygen atoms in total. The van der Waals surface area contributed by atoms with Crippen molar-refractivity contribution in [3.8, 4) is 0 Å². The van der Waals surface area contributed by atoms with Gasteiger partial charge in [-0.3, -0.25) is 14.2 Å². The molecule has 0 fully saturated rings. The first-order chi connectivity index (χ1) is 21.0. The number of ether oxygens (including phenoxy) is 2. The van der Waals surface area contributed by atoms with Gasteiger partial charge >= 0.3 is 11.9 Å². The molecule has 0 spiro atoms. The lowest BCUT2D eigenvalue weighted by Crippen LogP contribution is -2.37. The largest absolute Gasteiger partial charge is 0.756 e. The molecular weight excluding hydrogens is 581 g/mol. The number of allylic oxidation sites excluding steroid dienone is 2. The Hall–Kier alpha value is -1.25. The minimum atomic E-state index is -4.60. The lowest BCUT2D eigenvalue weighted by atomic mass is 10.1. The van der Waals surface area contributed by atoms with Gasteiger partial charge in [0.05, 0.1) is 27.7 Å². The Bertz CT molecular complexity index is 784. The summed E-state index contributed by atoms with van der Waals surface area (Å²) in [4.78, 5) is 37.1. The summed E-state index contributed by atoms with van der Waals surface area (Å²) in [6, 6.07) is 0. The first kappa shape index (κ1) is 42.8. The molecule has 0 aromatic rings. The zero-order valence-corrected chi connectivity index (χ0v) is 29.8. The maximum atomic E-state index is 12.5. The Morgan fingerprint density at radius 2 is 1.18 bits per heavy atom. The van der Waals surface area contributed by atoms with Gasteiger partial charge in [0.25, 0.3) is 7.82 Å². The highest BCUT2D eigenvalue weighted by molar-refractivity contribution is 7.45. The van der Waals surface area contributed by atoms with Crippen molar-refractivity contribution in [1.29, 1.82) is 0 Å². The average molecular weight is 648 g/mol. The molecule has 0 aromatic carbocycles. The molecule has 0 saturated heterocycles. The highest BCUT2D eigenvalue weighted by Crippen LogP contribution is 2.38. The molecule has 0 amide bonds. The molecule has 0 saturated carbocycles. The number of quaternary nitrogens is 1. The van der Waals surface area contributed by atoms with Crippen molar-refractivity contribution in [3.05, 3.63) is 12.2 Å². The summed E-state index contributed by atoms with van der Waals surface area (Å²) in [5, 5.41) is 0. The van der Waals surface area contributed by atoms with Gasteiger partial charge in [-0.25, -0.2) is 0 Å². The molecule has 0 aromatic heterocycles. The maximum Gasteiger partial charge on any atom is 0.306 e. The Morgan fingerprint density at radius 1 is 0.682 bits per heavy atom. The van der Waals surface area contributed by atoms with Crippen molar-refractivity contribution >= 4 is 19.8 Å². The molecule has 0 radical (unpaired) electrons. The van der Waals surface area contributed by atoms with Gasteiger partial charge < -0.3 is 27.9 Å². The number of unbranched alkanes of at least 4 members (excludes halogenated alkanes) is 15. The number of phosphoric acid groups is 1. The fraction of sp³-hybridized carbons (Fsp3) is 0.882. The SMILES string of the molecule is CCCC/C=C\CCCCCCCC(=O)OC[C@H](COP(=O)([O-])OCC[N+](C)(C)C)OC(=O)CCCCCCCCCCC. The van der Waals surface area contributed by atoms with E-state index < -0.39 is 32.5 Å². The molecular formula is C34H66NO8P. The molecule has 0 bridgehead atoms. The molecule has 0 aliphatic heterocycles. The maximum absolute atomic E-state index is 12.5. The second-order valence-electron chi connectivity index (χ2n) is 12.9. The Kier molecular flexibility index (Phi) is 27.2. The molecule has 2 atom stereocenters. The number of hydrogen-bond donors (Lipinski definition) is 0. The van der Waals surface area contributed by atoms with E-state index in [9.17, 15) is 19.0 Å². The standard InChI is InChI=1S/C34H66NO8P/c1-6-8-10-12-14-16-17-19-20-22-24-26-33(36)40-30-32(31-42-44(38,39)41-29-28-35(3,4)5)43-34(37)27-25-23-21-18-15-13-11-9-7-2/h12,14,32H,6-11,13,15-31H2,1-5H3/b14-12-/t32-/m1/s1. The number of rotatable bonds is 31. The van der Waals surface area contributed by atoms with Gasteiger partial charge in [-0.15, -0.1) is 0 Å². The number of likely N-dealkylation sites (N-methyl/N-ethyl adjacent to an activating group) is 1. The summed E-state index contributed by atoms with van der Waals surface area (Å²) >= 11 is 0. The summed E-state index contributed by atoms with van der Waals surface area (Å²) < 4.78 is 33.6. The highest BCUT2D eigenvalue weighted by Gasteiger charge is 2.21. The second-order valence-corrected chi connectivity index (χ2v) is 14.3. The van der Waals surface area contributed by atoms with Gasteiger partial charge in [0.2, 0.25) is 0 Å². The zero-order chi connectivity index (χ0) is 32.9. The second kappa shape index (κ2) is 28.0. The minimum Gasteiger partial charge on any atom is -0.756 e. The van der Waals surface area contributed by atoms with Crippen LogP contribution in [-0.2, 0) is 32.7 Å². The van der Waals surface area contributed by atoms with Crippen molar-refractivity contribution in [1.82, 2.24) is 0 Å². The fourth-order valence-electron chi connectivity index (χ4n) is 4.46. The Labute approximate surface area is 269 Å². The lowest BCUT2D eigenvalue weighted by Gasteiger charge is -2.28. The number of carbonyl (C=O) groups is 2. The van der Waals surface area contributed by atoms with Crippen LogP contribution in [0, 0.1) is 0 Å². The van der Waals surface area contributed by atoms with Gasteiger partial charge in [0.1, 0.15) is 19.8 Å². The number of hydrogen-bond acceptors (Lipinski definition) is 8. The van der Waals surface area contributed by atoms with E-state index >= 15 is 0 Å². The predicted molar refractivity (Wildman–Crippen MR) is 176 cm³/mol. The van der Waals surface area contributed by atoms with Crippen LogP contribution < -0.4 is 4.89 Å². The smallest absolute Gasteiger partial charge is 0.306 e. The van der Waals surface area contributed by atoms with E-state index in [1.54, 1.807) is 0 Å². The van der Waals surface area contributed by atoms with E-state index in [1.165, 1.54) is 44.9 Å². The van der Waals surface area contributed by atoms with Gasteiger partial charge in [-0.2, -0.15) is 0 Å². The molecule has 0 N–H and O–H groups in total. The monoisotopic (exact) mass is 647 g/mol. The van der Waals surface area contributed by atoms with E-state index in [0.717, 1.165) is 64.2 Å². The number of nitrogens with zero attached hydrogens (tertiary/aromatic N) is 1. The van der Waals surface area contributed by atoms with Crippen LogP contribution in [0.5, 0.6) is 0 Å². The first-order valence-electron chi connectivity index (χ1n) is 17.4. The summed E-state index contributed by atoms with van der Waals surface area (Å²) in [7, 11) is 1.16. The average Bonchev–Trinajstić information content (AvgIpc) is 2.95. The van der Waals surface area contributed by atoms with Gasteiger partial charge in [-0.05, 0) is 32.1 Å². The normalized spacial score (nSPS) is 14.0. The van der Waals surface area contributed by atoms with Gasteiger partial charge in [0.15, 0.2) is 6.10 Å². The quantitative estimate of drug-likeness (QED) is 0.0244. The first-order valence-corrected chi connectivity index (χ1v) is 18.9. The summed E-state index contributed by atoms with van der Waals surface area (Å²) in [5.74, 6) is -0.849. The lowest BCUT2D eigenvalue weighted by molar-refractivity contribution is -0.870. The Morgan fingerprint density at radius 3 is 1.75 bits per heavy atom. The minimum absolute atomic E-state index is 0.0298. The van der Waals surface area contributed by atoms with Crippen molar-refractivity contribution in [3.63, 3.8) is 0 Å². The third kappa shape index (κ3) is 30.8. The van der Waals surface area contributed by atoms with Crippen LogP contribution in [0.15, 0.2) is 12.2 Å². The fourth-order valence-corrected chi connectivity index (χ4v) is 5.19. The third-order valence-electron chi connectivity index (χ3n) is 7.29. The molecule has 260 valence electrons. The van der Waals surface area contributed by atoms with E-state index in [-0.39, 0.29) is 26.1 Å². The summed E-state index contributed by atoms with van der Waals surface area (Å²) in [6.45, 7) is 4.13. The number of esters is 2. The molecule has 0 aliphatic rings. The third-order valence-corrected chi connectivity index (χ3v) is 8.25. The van der Waals surface area contributed by atoms with Crippen LogP contribution >= 0.6 is 7.82 Å². The van der Waals surface area contributed by atoms with Crippen LogP contribution in [0.2, 0.25) is 0 Å². The van der Waals surface area contributed by atoms with Crippen LogP contribution in [0.4, 0.5) is 0 Å². The van der Waals surface area contributed by atoms with Crippen molar-refractivity contribution in [2.75, 3.05) is 47.5 Å². The van der Waals surface area contributed by atoms with E-state index in [4.69, 9.17) is 18.5 Å². The van der Waals surface area contributed by atoms with Gasteiger partial charge in [-0.1, -0.05) is 109 Å². The highest BCUT2D eigenvalue weighted by atomic mass is 31.2. The number of phosphoric ester groups is 1. The topological polar surface area (TPSA) is 111 Å². The number of carbonyl (C=O) groups excluding carboxylic acids is 2. The van der Waals surface area contributed by atoms with Gasteiger partial charge in [0, 0.05) is 12.8 Å². The van der Waals surface area contributed by atoms with E-state index in [1.807, 2.05) is 21.1 Å². The molecule has 44 heavy (non-hydrogen) atoms. The Balaban J connectivity index is 4.50. The van der Waals surface area contributed by atoms with Crippen molar-refractivity contribution in [2.24, 2.45) is 0 Å². The molecule has 10 heteroatoms. The van der Waals surface area contributed by atoms with Crippen molar-refractivity contribution < 1.29 is 42.1 Å². The van der Waals surface area contributed by atoms with E-state index in [2.05, 4.69) is 26.0 Å². The van der Waals surface area contributed by atoms with Crippen LogP contribution in [0.3, 0.4) is 0 Å². The van der Waals surface area contributed by atoms with Crippen LogP contribution in [0.1, 0.15) is 142 Å². The summed E-state index contributed by atoms with van der Waals surface area (Å²) in [5.41, 5.74) is 0. The van der Waals surface area contributed by atoms with Crippen LogP contribution in [0.25, 0.3) is 0 Å². The molecule has 0 rings (SSSR count). The van der Waals surface area contributed by atoms with E-state index in [0.29, 0.717) is 17.4 Å². The summed E-state index contributed by atoms with van der Waals surface area (Å²) in [6.07, 6.45) is 23.9. The predicted octanol–water partition coefficient (Wildman–Crippen LogP) is 8.05. The zero-order valence-electron chi connectivity index (χ0n) is 28.9. The molecule has 0 heterocycles. The molecule has 0 aliphatic carbocycles.